The predicted octanol–water partition coefficient (Wildman–Crippen LogP) is 19.3. The first kappa shape index (κ1) is 43.1. The largest absolute Gasteiger partial charge is 0.457 e. The van der Waals surface area contributed by atoms with Gasteiger partial charge >= 0.3 is 0 Å². The highest BCUT2D eigenvalue weighted by atomic mass is 16.5. The lowest BCUT2D eigenvalue weighted by atomic mass is 9.66. The van der Waals surface area contributed by atoms with E-state index in [1.165, 1.54) is 44.5 Å². The van der Waals surface area contributed by atoms with Crippen LogP contribution in [0.2, 0.25) is 0 Å². The van der Waals surface area contributed by atoms with Crippen LogP contribution in [0, 0.1) is 0 Å². The van der Waals surface area contributed by atoms with Gasteiger partial charge in [-0.05, 0) is 105 Å². The van der Waals surface area contributed by atoms with Gasteiger partial charge in [-0.2, -0.15) is 0 Å². The molecule has 4 nitrogen and oxygen atoms in total. The molecule has 0 N–H and O–H groups in total. The number of para-hydroxylation sites is 7. The molecule has 0 atom stereocenters. The van der Waals surface area contributed by atoms with Gasteiger partial charge in [0.15, 0.2) is 0 Å². The number of hydrogen-bond donors (Lipinski definition) is 0. The lowest BCUT2D eigenvalue weighted by Gasteiger charge is -2.39. The van der Waals surface area contributed by atoms with Gasteiger partial charge in [-0.1, -0.05) is 218 Å². The van der Waals surface area contributed by atoms with E-state index in [2.05, 4.69) is 272 Å². The minimum atomic E-state index is -0.651. The van der Waals surface area contributed by atoms with Crippen LogP contribution in [0.3, 0.4) is 0 Å². The summed E-state index contributed by atoms with van der Waals surface area (Å²) in [6.45, 7) is 0. The van der Waals surface area contributed by atoms with Gasteiger partial charge < -0.3 is 18.8 Å². The molecule has 0 fully saturated rings. The van der Waals surface area contributed by atoms with E-state index in [0.29, 0.717) is 0 Å². The van der Waals surface area contributed by atoms with E-state index in [1.54, 1.807) is 0 Å². The normalized spacial score (nSPS) is 14.1. The Morgan fingerprint density at radius 2 is 0.679 bits per heavy atom. The molecule has 3 heterocycles. The van der Waals surface area contributed by atoms with Gasteiger partial charge in [-0.3, -0.25) is 0 Å². The Morgan fingerprint density at radius 1 is 0.269 bits per heavy atom. The number of benzene rings is 12. The smallest absolute Gasteiger partial charge is 0.143 e. The van der Waals surface area contributed by atoms with Crippen molar-refractivity contribution in [2.24, 2.45) is 0 Å². The van der Waals surface area contributed by atoms with Gasteiger partial charge in [0.2, 0.25) is 0 Å². The summed E-state index contributed by atoms with van der Waals surface area (Å²) >= 11 is 0. The zero-order valence-corrected chi connectivity index (χ0v) is 42.2. The fourth-order valence-corrected chi connectivity index (χ4v) is 14.3. The summed E-state index contributed by atoms with van der Waals surface area (Å²) in [4.78, 5) is 2.52. The van der Waals surface area contributed by atoms with Gasteiger partial charge in [0.1, 0.15) is 34.2 Å². The molecule has 2 spiro atoms. The third kappa shape index (κ3) is 5.62. The molecular formula is C74H45NO3. The average molecular weight is 996 g/mol. The minimum Gasteiger partial charge on any atom is -0.457 e. The average Bonchev–Trinajstić information content (AvgIpc) is 4.23. The molecule has 0 saturated heterocycles. The summed E-state index contributed by atoms with van der Waals surface area (Å²) in [6, 6.07) is 99.2. The molecule has 13 aromatic rings. The van der Waals surface area contributed by atoms with Crippen LogP contribution in [-0.4, -0.2) is 0 Å². The molecule has 0 amide bonds. The molecule has 17 rings (SSSR count). The van der Waals surface area contributed by atoms with Crippen LogP contribution >= 0.6 is 0 Å². The van der Waals surface area contributed by atoms with Gasteiger partial charge in [-0.25, -0.2) is 0 Å². The maximum atomic E-state index is 6.78. The van der Waals surface area contributed by atoms with E-state index in [1.807, 2.05) is 6.07 Å². The predicted molar refractivity (Wildman–Crippen MR) is 314 cm³/mol. The van der Waals surface area contributed by atoms with E-state index in [9.17, 15) is 0 Å². The summed E-state index contributed by atoms with van der Waals surface area (Å²) in [7, 11) is 0. The van der Waals surface area contributed by atoms with Gasteiger partial charge in [0, 0.05) is 55.4 Å². The first-order valence-corrected chi connectivity index (χ1v) is 26.8. The Labute approximate surface area is 451 Å². The number of anilines is 3. The number of ether oxygens (including phenoxy) is 2. The van der Waals surface area contributed by atoms with Crippen molar-refractivity contribution in [3.63, 3.8) is 0 Å². The quantitative estimate of drug-likeness (QED) is 0.172. The summed E-state index contributed by atoms with van der Waals surface area (Å²) in [5.74, 6) is 3.49. The van der Waals surface area contributed by atoms with Crippen LogP contribution in [0.1, 0.15) is 44.5 Å². The second-order valence-corrected chi connectivity index (χ2v) is 20.9. The van der Waals surface area contributed by atoms with Crippen molar-refractivity contribution < 1.29 is 13.9 Å². The minimum absolute atomic E-state index is 0.616. The van der Waals surface area contributed by atoms with Crippen molar-refractivity contribution >= 4 is 39.0 Å². The Kier molecular flexibility index (Phi) is 8.94. The molecule has 2 aliphatic carbocycles. The molecule has 78 heavy (non-hydrogen) atoms. The zero-order chi connectivity index (χ0) is 51.1. The van der Waals surface area contributed by atoms with E-state index >= 15 is 0 Å². The van der Waals surface area contributed by atoms with Crippen molar-refractivity contribution in [1.29, 1.82) is 0 Å². The first-order chi connectivity index (χ1) is 38.7. The van der Waals surface area contributed by atoms with Crippen LogP contribution in [-0.2, 0) is 10.8 Å². The Bertz CT molecular complexity index is 4570. The number of fused-ring (bicyclic) bond motifs is 21. The molecule has 1 aromatic heterocycles. The highest BCUT2D eigenvalue weighted by Crippen LogP contribution is 2.66. The molecule has 0 radical (unpaired) electrons. The molecule has 0 bridgehead atoms. The third-order valence-corrected chi connectivity index (χ3v) is 17.2. The van der Waals surface area contributed by atoms with Crippen molar-refractivity contribution in [1.82, 2.24) is 0 Å². The van der Waals surface area contributed by atoms with Crippen molar-refractivity contribution in [3.8, 4) is 67.5 Å². The molecule has 364 valence electrons. The summed E-state index contributed by atoms with van der Waals surface area (Å²) < 4.78 is 20.2. The van der Waals surface area contributed by atoms with Crippen molar-refractivity contribution in [2.75, 3.05) is 4.90 Å². The summed E-state index contributed by atoms with van der Waals surface area (Å²) in [5.41, 5.74) is 22.4. The van der Waals surface area contributed by atoms with E-state index in [-0.39, 0.29) is 0 Å². The Balaban J connectivity index is 0.935. The Morgan fingerprint density at radius 3 is 1.29 bits per heavy atom. The summed E-state index contributed by atoms with van der Waals surface area (Å²) in [6.07, 6.45) is 0. The number of hydrogen-bond acceptors (Lipinski definition) is 4. The van der Waals surface area contributed by atoms with Crippen molar-refractivity contribution in [3.05, 3.63) is 317 Å². The molecule has 0 saturated carbocycles. The molecule has 4 heteroatoms. The molecular weight excluding hydrogens is 951 g/mol. The molecule has 0 unspecified atom stereocenters. The Hall–Kier alpha value is -10.2. The maximum Gasteiger partial charge on any atom is 0.143 e. The lowest BCUT2D eigenvalue weighted by molar-refractivity contribution is 0.436. The number of furan rings is 1. The van der Waals surface area contributed by atoms with Crippen LogP contribution < -0.4 is 14.4 Å². The van der Waals surface area contributed by atoms with Crippen LogP contribution in [0.15, 0.2) is 277 Å². The highest BCUT2D eigenvalue weighted by Gasteiger charge is 2.53. The monoisotopic (exact) mass is 995 g/mol. The zero-order valence-electron chi connectivity index (χ0n) is 42.2. The third-order valence-electron chi connectivity index (χ3n) is 17.2. The van der Waals surface area contributed by atoms with Gasteiger partial charge in [-0.15, -0.1) is 0 Å². The van der Waals surface area contributed by atoms with E-state index in [0.717, 1.165) is 107 Å². The number of nitrogens with zero attached hydrogens (tertiary/aromatic N) is 1. The van der Waals surface area contributed by atoms with Crippen LogP contribution in [0.5, 0.6) is 23.0 Å². The topological polar surface area (TPSA) is 34.8 Å². The van der Waals surface area contributed by atoms with E-state index in [4.69, 9.17) is 13.9 Å². The first-order valence-electron chi connectivity index (χ1n) is 26.8. The SMILES string of the molecule is c1ccc2c(c1)Oc1ccccc1C21c2ccccc2-c2c(-c3ccccc3N(c3ccc(-c4cccc5c4oc4ccccc45)cc3)c3cccc4c3-c3ccccc3C43c4ccccc4Oc4ccccc43)cccc21. The molecule has 2 aliphatic heterocycles. The number of rotatable bonds is 5. The van der Waals surface area contributed by atoms with Crippen LogP contribution in [0.25, 0.3) is 66.4 Å². The fourth-order valence-electron chi connectivity index (χ4n) is 14.3. The molecule has 4 aliphatic rings. The second-order valence-electron chi connectivity index (χ2n) is 20.9. The standard InChI is InChI=1S/C74H45NO3/c1-5-27-55-53(22-1)70-51(25-18-33-61(70)73(55)57-29-7-13-38-66(57)76-67-39-14-8-30-58(67)73)49-20-3-11-35-63(49)75(47-44-42-46(43-45-47)48-24-17-26-52-50-21-4-12-37-65(50)78-72(48)52)64-36-19-34-62-71(64)54-23-2-6-28-56(54)74(62)59-31-9-15-40-68(59)77-69-41-16-10-32-60(69)74/h1-45H. The lowest BCUT2D eigenvalue weighted by Crippen LogP contribution is -2.32. The second kappa shape index (κ2) is 16.2. The van der Waals surface area contributed by atoms with Gasteiger partial charge in [0.25, 0.3) is 0 Å². The fraction of sp³-hybridized carbons (Fsp3) is 0.0270. The van der Waals surface area contributed by atoms with E-state index < -0.39 is 10.8 Å². The summed E-state index contributed by atoms with van der Waals surface area (Å²) in [5, 5.41) is 2.23. The molecule has 12 aromatic carbocycles. The van der Waals surface area contributed by atoms with Gasteiger partial charge in [0.05, 0.1) is 22.2 Å². The van der Waals surface area contributed by atoms with Crippen molar-refractivity contribution in [2.45, 2.75) is 10.8 Å². The highest BCUT2D eigenvalue weighted by molar-refractivity contribution is 6.10. The maximum absolute atomic E-state index is 6.78. The van der Waals surface area contributed by atoms with Crippen LogP contribution in [0.4, 0.5) is 17.1 Å².